The van der Waals surface area contributed by atoms with E-state index in [1.54, 1.807) is 14.2 Å². The van der Waals surface area contributed by atoms with E-state index in [1.165, 1.54) is 0 Å². The summed E-state index contributed by atoms with van der Waals surface area (Å²) < 4.78 is 17.0. The van der Waals surface area contributed by atoms with Crippen LogP contribution in [0.2, 0.25) is 0 Å². The molecule has 0 bridgehead atoms. The van der Waals surface area contributed by atoms with Crippen LogP contribution < -0.4 is 5.32 Å². The van der Waals surface area contributed by atoms with Gasteiger partial charge in [0.2, 0.25) is 5.91 Å². The summed E-state index contributed by atoms with van der Waals surface area (Å²) >= 11 is 0. The van der Waals surface area contributed by atoms with Crippen molar-refractivity contribution in [3.05, 3.63) is 0 Å². The monoisotopic (exact) mass is 428 g/mol. The molecule has 0 aromatic carbocycles. The molecule has 1 fully saturated rings. The van der Waals surface area contributed by atoms with Gasteiger partial charge in [0.05, 0.1) is 23.9 Å². The van der Waals surface area contributed by atoms with E-state index in [0.717, 1.165) is 64.6 Å². The van der Waals surface area contributed by atoms with Crippen molar-refractivity contribution in [2.75, 3.05) is 33.9 Å². The van der Waals surface area contributed by atoms with E-state index in [0.29, 0.717) is 0 Å². The second-order valence-corrected chi connectivity index (χ2v) is 9.76. The fraction of sp³-hybridized carbons (Fsp3) is 0.958. The van der Waals surface area contributed by atoms with Crippen LogP contribution in [-0.2, 0) is 19.0 Å². The minimum atomic E-state index is -0.266. The number of hydrogen-bond donors (Lipinski definition) is 1. The van der Waals surface area contributed by atoms with Crippen molar-refractivity contribution in [1.29, 1.82) is 0 Å². The summed E-state index contributed by atoms with van der Waals surface area (Å²) in [5, 5.41) is 3.35. The molecule has 1 saturated heterocycles. The van der Waals surface area contributed by atoms with Crippen molar-refractivity contribution in [3.63, 3.8) is 0 Å². The summed E-state index contributed by atoms with van der Waals surface area (Å²) in [6.07, 6.45) is 7.01. The Bertz CT molecular complexity index is 500. The zero-order valence-electron chi connectivity index (χ0n) is 20.9. The third kappa shape index (κ3) is 9.21. The van der Waals surface area contributed by atoms with E-state index >= 15 is 0 Å². The molecule has 1 rings (SSSR count). The summed E-state index contributed by atoms with van der Waals surface area (Å²) in [7, 11) is 3.47. The van der Waals surface area contributed by atoms with Gasteiger partial charge < -0.3 is 19.5 Å². The topological polar surface area (TPSA) is 60.0 Å². The number of likely N-dealkylation sites (tertiary alicyclic amines) is 1. The van der Waals surface area contributed by atoms with Gasteiger partial charge in [0.1, 0.15) is 0 Å². The molecule has 0 spiro atoms. The van der Waals surface area contributed by atoms with Crippen LogP contribution in [0.25, 0.3) is 0 Å². The Kier molecular flexibility index (Phi) is 11.8. The Morgan fingerprint density at radius 1 is 1.20 bits per heavy atom. The molecule has 6 heteroatoms. The van der Waals surface area contributed by atoms with Crippen LogP contribution in [0.3, 0.4) is 0 Å². The van der Waals surface area contributed by atoms with Crippen molar-refractivity contribution >= 4 is 5.91 Å². The van der Waals surface area contributed by atoms with Crippen molar-refractivity contribution < 1.29 is 19.0 Å². The molecular weight excluding hydrogens is 380 g/mol. The molecule has 1 aliphatic heterocycles. The maximum absolute atomic E-state index is 13.2. The fourth-order valence-corrected chi connectivity index (χ4v) is 4.27. The summed E-state index contributed by atoms with van der Waals surface area (Å²) in [4.78, 5) is 15.5. The normalized spacial score (nSPS) is 21.9. The first-order valence-corrected chi connectivity index (χ1v) is 11.8. The molecule has 1 aliphatic rings. The smallest absolute Gasteiger partial charge is 0.237 e. The minimum Gasteiger partial charge on any atom is -0.382 e. The van der Waals surface area contributed by atoms with Crippen LogP contribution >= 0.6 is 0 Å². The molecule has 0 aliphatic carbocycles. The number of nitrogens with zero attached hydrogens (tertiary/aromatic N) is 1. The van der Waals surface area contributed by atoms with E-state index in [9.17, 15) is 4.79 Å². The maximum atomic E-state index is 13.2. The third-order valence-corrected chi connectivity index (χ3v) is 6.71. The summed E-state index contributed by atoms with van der Waals surface area (Å²) in [5.74, 6) is 0.159. The molecule has 178 valence electrons. The molecule has 1 amide bonds. The number of ether oxygens (including phenoxy) is 3. The Labute approximate surface area is 185 Å². The summed E-state index contributed by atoms with van der Waals surface area (Å²) in [6, 6.07) is -0.0347. The van der Waals surface area contributed by atoms with Gasteiger partial charge in [0.25, 0.3) is 0 Å². The molecule has 0 saturated carbocycles. The van der Waals surface area contributed by atoms with Gasteiger partial charge in [-0.1, -0.05) is 13.8 Å². The SMILES string of the molecule is CCC(CCN1CCCC1C(=O)NC(C)(CC)CC(C)(C)OC)OCCC(C)OC. The highest BCUT2D eigenvalue weighted by Crippen LogP contribution is 2.27. The molecule has 1 heterocycles. The molecule has 0 aromatic rings. The first-order chi connectivity index (χ1) is 14.1. The quantitative estimate of drug-likeness (QED) is 0.424. The Morgan fingerprint density at radius 3 is 2.47 bits per heavy atom. The molecular formula is C24H48N2O4. The Hall–Kier alpha value is -0.690. The van der Waals surface area contributed by atoms with Crippen molar-refractivity contribution in [2.24, 2.45) is 0 Å². The zero-order valence-corrected chi connectivity index (χ0v) is 20.9. The lowest BCUT2D eigenvalue weighted by molar-refractivity contribution is -0.128. The van der Waals surface area contributed by atoms with E-state index in [2.05, 4.69) is 51.8 Å². The first-order valence-electron chi connectivity index (χ1n) is 11.8. The molecule has 30 heavy (non-hydrogen) atoms. The van der Waals surface area contributed by atoms with Crippen molar-refractivity contribution in [1.82, 2.24) is 10.2 Å². The van der Waals surface area contributed by atoms with Crippen LogP contribution in [0.4, 0.5) is 0 Å². The van der Waals surface area contributed by atoms with Crippen LogP contribution in [0.1, 0.15) is 86.5 Å². The Morgan fingerprint density at radius 2 is 1.90 bits per heavy atom. The molecule has 0 aromatic heterocycles. The van der Waals surface area contributed by atoms with Crippen molar-refractivity contribution in [3.8, 4) is 0 Å². The molecule has 1 N–H and O–H groups in total. The standard InChI is InChI=1S/C24H48N2O4/c1-9-20(30-17-14-19(3)28-7)13-16-26-15-11-12-21(26)22(27)25-24(6,10-2)18-23(4,5)29-8/h19-21H,9-18H2,1-8H3,(H,25,27). The number of carbonyl (C=O) groups is 1. The highest BCUT2D eigenvalue weighted by atomic mass is 16.5. The van der Waals surface area contributed by atoms with Gasteiger partial charge in [0.15, 0.2) is 0 Å². The van der Waals surface area contributed by atoms with Crippen LogP contribution in [-0.4, -0.2) is 74.1 Å². The van der Waals surface area contributed by atoms with Crippen LogP contribution in [0, 0.1) is 0 Å². The van der Waals surface area contributed by atoms with Crippen LogP contribution in [0.15, 0.2) is 0 Å². The predicted molar refractivity (Wildman–Crippen MR) is 123 cm³/mol. The molecule has 4 atom stereocenters. The highest BCUT2D eigenvalue weighted by Gasteiger charge is 2.37. The summed E-state index contributed by atoms with van der Waals surface area (Å²) in [5.41, 5.74) is -0.530. The second-order valence-electron chi connectivity index (χ2n) is 9.76. The van der Waals surface area contributed by atoms with E-state index < -0.39 is 0 Å². The van der Waals surface area contributed by atoms with Gasteiger partial charge in [-0.3, -0.25) is 9.69 Å². The average molecular weight is 429 g/mol. The fourth-order valence-electron chi connectivity index (χ4n) is 4.27. The van der Waals surface area contributed by atoms with Gasteiger partial charge in [-0.2, -0.15) is 0 Å². The minimum absolute atomic E-state index is 0.0347. The lowest BCUT2D eigenvalue weighted by Crippen LogP contribution is -2.55. The van der Waals surface area contributed by atoms with Gasteiger partial charge in [-0.05, 0) is 79.2 Å². The van der Waals surface area contributed by atoms with E-state index in [1.807, 2.05) is 0 Å². The first kappa shape index (κ1) is 27.3. The molecule has 0 radical (unpaired) electrons. The number of methoxy groups -OCH3 is 2. The van der Waals surface area contributed by atoms with E-state index in [4.69, 9.17) is 14.2 Å². The maximum Gasteiger partial charge on any atom is 0.237 e. The third-order valence-electron chi connectivity index (χ3n) is 6.71. The lowest BCUT2D eigenvalue weighted by atomic mass is 9.85. The number of amides is 1. The molecule has 6 nitrogen and oxygen atoms in total. The number of nitrogens with one attached hydrogen (secondary N) is 1. The average Bonchev–Trinajstić information content (AvgIpc) is 3.18. The van der Waals surface area contributed by atoms with Crippen molar-refractivity contribution in [2.45, 2.75) is 116 Å². The van der Waals surface area contributed by atoms with Gasteiger partial charge >= 0.3 is 0 Å². The van der Waals surface area contributed by atoms with Crippen LogP contribution in [0.5, 0.6) is 0 Å². The van der Waals surface area contributed by atoms with E-state index in [-0.39, 0.29) is 35.3 Å². The van der Waals surface area contributed by atoms with Gasteiger partial charge in [-0.25, -0.2) is 0 Å². The summed E-state index contributed by atoms with van der Waals surface area (Å²) in [6.45, 7) is 15.3. The highest BCUT2D eigenvalue weighted by molar-refractivity contribution is 5.82. The van der Waals surface area contributed by atoms with Gasteiger partial charge in [-0.15, -0.1) is 0 Å². The lowest BCUT2D eigenvalue weighted by Gasteiger charge is -2.38. The van der Waals surface area contributed by atoms with Gasteiger partial charge in [0, 0.05) is 32.9 Å². The number of hydrogen-bond acceptors (Lipinski definition) is 5. The number of carbonyl (C=O) groups excluding carboxylic acids is 1. The zero-order chi connectivity index (χ0) is 22.8. The largest absolute Gasteiger partial charge is 0.382 e. The Balaban J connectivity index is 2.58. The molecule has 4 unspecified atom stereocenters. The second kappa shape index (κ2) is 13.0. The predicted octanol–water partition coefficient (Wildman–Crippen LogP) is 4.16. The number of rotatable bonds is 15.